The quantitative estimate of drug-likeness (QED) is 0.00991. The standard InChI is InChI=1S/C38H61F4N4O9P/c1-2-3-4-5-6-7-8-9-10-12-15-18-21-24-30(47)53-27-29(28-54-56(50,51)52)55-31(48)25-22-19-16-13-11-14-17-20-23-26-44-38(49)32-33(39)35(41)37(45-46-43)36(42)34(32)40/h29H,2-28H2,1H3,(H,44,49)(H2,50,51,52)/p-1. The molecular formula is C38H60F4N4O9P-. The summed E-state index contributed by atoms with van der Waals surface area (Å²) in [5.41, 5.74) is 5.37. The number of benzene rings is 1. The second-order valence-electron chi connectivity index (χ2n) is 13.9. The van der Waals surface area contributed by atoms with Crippen LogP contribution in [0, 0.1) is 23.3 Å². The van der Waals surface area contributed by atoms with E-state index in [2.05, 4.69) is 26.8 Å². The molecule has 13 nitrogen and oxygen atoms in total. The van der Waals surface area contributed by atoms with Crippen molar-refractivity contribution in [1.82, 2.24) is 5.32 Å². The van der Waals surface area contributed by atoms with Crippen molar-refractivity contribution in [1.29, 1.82) is 0 Å². The normalized spacial score (nSPS) is 12.8. The van der Waals surface area contributed by atoms with Crippen LogP contribution in [-0.2, 0) is 28.2 Å². The molecule has 0 aliphatic carbocycles. The topological polar surface area (TPSA) is 200 Å². The summed E-state index contributed by atoms with van der Waals surface area (Å²) < 4.78 is 82.0. The molecule has 0 aliphatic heterocycles. The second kappa shape index (κ2) is 30.8. The molecule has 1 aromatic rings. The summed E-state index contributed by atoms with van der Waals surface area (Å²) in [5, 5.41) is 4.80. The molecular weight excluding hydrogens is 763 g/mol. The van der Waals surface area contributed by atoms with Gasteiger partial charge in [0, 0.05) is 24.3 Å². The van der Waals surface area contributed by atoms with Crippen LogP contribution in [0.15, 0.2) is 5.11 Å². The number of hydrogen-bond donors (Lipinski definition) is 2. The number of ether oxygens (including phenoxy) is 2. The first-order valence-corrected chi connectivity index (χ1v) is 21.5. The van der Waals surface area contributed by atoms with Crippen LogP contribution in [0.3, 0.4) is 0 Å². The molecule has 0 saturated heterocycles. The minimum absolute atomic E-state index is 0.0142. The first kappa shape index (κ1) is 50.8. The minimum atomic E-state index is -5.09. The van der Waals surface area contributed by atoms with Gasteiger partial charge in [-0.15, -0.1) is 0 Å². The zero-order valence-electron chi connectivity index (χ0n) is 32.7. The molecule has 1 rings (SSSR count). The lowest BCUT2D eigenvalue weighted by Crippen LogP contribution is -2.30. The van der Waals surface area contributed by atoms with E-state index in [0.717, 1.165) is 57.8 Å². The Hall–Kier alpha value is -3.23. The molecule has 2 unspecified atom stereocenters. The van der Waals surface area contributed by atoms with E-state index < -0.39 is 79.5 Å². The molecule has 2 atom stereocenters. The van der Waals surface area contributed by atoms with Crippen molar-refractivity contribution < 1.29 is 60.3 Å². The third kappa shape index (κ3) is 23.7. The Balaban J connectivity index is 2.18. The molecule has 0 aromatic heterocycles. The van der Waals surface area contributed by atoms with E-state index in [4.69, 9.17) is 19.9 Å². The number of carbonyl (C=O) groups excluding carboxylic acids is 3. The Labute approximate surface area is 327 Å². The molecule has 1 aromatic carbocycles. The number of nitrogens with zero attached hydrogens (tertiary/aromatic N) is 3. The Morgan fingerprint density at radius 1 is 0.714 bits per heavy atom. The molecule has 0 radical (unpaired) electrons. The van der Waals surface area contributed by atoms with Crippen LogP contribution in [-0.4, -0.2) is 48.6 Å². The van der Waals surface area contributed by atoms with E-state index in [9.17, 15) is 41.4 Å². The number of nitrogens with one attached hydrogen (secondary N) is 1. The molecule has 0 heterocycles. The average Bonchev–Trinajstić information content (AvgIpc) is 3.15. The Kier molecular flexibility index (Phi) is 28.0. The maximum Gasteiger partial charge on any atom is 0.306 e. The van der Waals surface area contributed by atoms with E-state index >= 15 is 0 Å². The zero-order chi connectivity index (χ0) is 41.6. The smallest absolute Gasteiger partial charge is 0.306 e. The van der Waals surface area contributed by atoms with Crippen molar-refractivity contribution in [2.24, 2.45) is 5.11 Å². The van der Waals surface area contributed by atoms with Gasteiger partial charge in [0.05, 0.1) is 6.61 Å². The minimum Gasteiger partial charge on any atom is -0.756 e. The van der Waals surface area contributed by atoms with Crippen molar-refractivity contribution in [3.8, 4) is 0 Å². The van der Waals surface area contributed by atoms with Gasteiger partial charge in [-0.1, -0.05) is 134 Å². The number of carbonyl (C=O) groups is 3. The summed E-state index contributed by atoms with van der Waals surface area (Å²) in [5.74, 6) is -10.3. The van der Waals surface area contributed by atoms with E-state index in [-0.39, 0.29) is 19.4 Å². The Morgan fingerprint density at radius 2 is 1.14 bits per heavy atom. The average molecular weight is 824 g/mol. The molecule has 56 heavy (non-hydrogen) atoms. The van der Waals surface area contributed by atoms with Crippen LogP contribution in [0.2, 0.25) is 0 Å². The van der Waals surface area contributed by atoms with Gasteiger partial charge in [0.25, 0.3) is 13.7 Å². The number of phosphoric acid groups is 1. The first-order valence-electron chi connectivity index (χ1n) is 20.0. The zero-order valence-corrected chi connectivity index (χ0v) is 33.6. The van der Waals surface area contributed by atoms with Crippen LogP contribution in [0.5, 0.6) is 0 Å². The van der Waals surface area contributed by atoms with Crippen molar-refractivity contribution >= 4 is 31.4 Å². The van der Waals surface area contributed by atoms with Crippen molar-refractivity contribution in [2.75, 3.05) is 19.8 Å². The largest absolute Gasteiger partial charge is 0.756 e. The predicted octanol–water partition coefficient (Wildman–Crippen LogP) is 10.2. The number of phosphoric ester groups is 1. The van der Waals surface area contributed by atoms with E-state index in [1.54, 1.807) is 0 Å². The van der Waals surface area contributed by atoms with Crippen LogP contribution in [0.1, 0.15) is 171 Å². The third-order valence-corrected chi connectivity index (χ3v) is 9.57. The van der Waals surface area contributed by atoms with Gasteiger partial charge in [-0.2, -0.15) is 0 Å². The van der Waals surface area contributed by atoms with Crippen LogP contribution in [0.4, 0.5) is 23.2 Å². The van der Waals surface area contributed by atoms with Gasteiger partial charge in [-0.25, -0.2) is 17.6 Å². The van der Waals surface area contributed by atoms with Gasteiger partial charge in [-0.3, -0.25) is 18.9 Å². The van der Waals surface area contributed by atoms with Crippen LogP contribution < -0.4 is 10.2 Å². The number of esters is 2. The molecule has 2 N–H and O–H groups in total. The number of amides is 1. The maximum absolute atomic E-state index is 14.1. The Morgan fingerprint density at radius 3 is 1.59 bits per heavy atom. The summed E-state index contributed by atoms with van der Waals surface area (Å²) in [6, 6.07) is 0. The fraction of sp³-hybridized carbons (Fsp3) is 0.763. The molecule has 320 valence electrons. The predicted molar refractivity (Wildman–Crippen MR) is 201 cm³/mol. The lowest BCUT2D eigenvalue weighted by molar-refractivity contribution is -0.223. The number of azide groups is 1. The Bertz CT molecular complexity index is 1380. The highest BCUT2D eigenvalue weighted by molar-refractivity contribution is 7.44. The summed E-state index contributed by atoms with van der Waals surface area (Å²) in [6.45, 7) is 1.14. The molecule has 0 saturated carbocycles. The van der Waals surface area contributed by atoms with Gasteiger partial charge in [0.15, 0.2) is 29.4 Å². The molecule has 18 heteroatoms. The van der Waals surface area contributed by atoms with Crippen molar-refractivity contribution in [3.05, 3.63) is 39.3 Å². The van der Waals surface area contributed by atoms with E-state index in [1.807, 2.05) is 0 Å². The van der Waals surface area contributed by atoms with Gasteiger partial charge in [0.1, 0.15) is 17.9 Å². The number of rotatable bonds is 34. The van der Waals surface area contributed by atoms with Gasteiger partial charge in [0.2, 0.25) is 0 Å². The van der Waals surface area contributed by atoms with Crippen LogP contribution >= 0.6 is 7.82 Å². The highest BCUT2D eigenvalue weighted by Gasteiger charge is 2.29. The number of halogens is 4. The molecule has 0 aliphatic rings. The van der Waals surface area contributed by atoms with Gasteiger partial charge < -0.3 is 29.1 Å². The van der Waals surface area contributed by atoms with Gasteiger partial charge >= 0.3 is 11.9 Å². The van der Waals surface area contributed by atoms with E-state index in [0.29, 0.717) is 25.7 Å². The maximum atomic E-state index is 14.1. The number of hydrogen-bond acceptors (Lipinski definition) is 9. The van der Waals surface area contributed by atoms with Gasteiger partial charge in [-0.05, 0) is 24.8 Å². The molecule has 0 fully saturated rings. The molecule has 0 bridgehead atoms. The summed E-state index contributed by atoms with van der Waals surface area (Å²) in [4.78, 5) is 58.9. The number of unbranched alkanes of at least 4 members (excludes halogenated alkanes) is 20. The van der Waals surface area contributed by atoms with Crippen molar-refractivity contribution in [2.45, 2.75) is 167 Å². The van der Waals surface area contributed by atoms with Crippen molar-refractivity contribution in [3.63, 3.8) is 0 Å². The first-order chi connectivity index (χ1) is 26.8. The SMILES string of the molecule is CCCCCCCCCCCCCCCC(=O)OCC(COP(=O)([O-])O)OC(=O)CCCCCCCCCCCNC(=O)c1c(F)c(F)c(N=[N+]=[N-])c(F)c1F. The lowest BCUT2D eigenvalue weighted by Gasteiger charge is -2.21. The highest BCUT2D eigenvalue weighted by atomic mass is 31.2. The van der Waals surface area contributed by atoms with E-state index in [1.165, 1.54) is 57.8 Å². The highest BCUT2D eigenvalue weighted by Crippen LogP contribution is 2.31. The second-order valence-corrected chi connectivity index (χ2v) is 15.1. The summed E-state index contributed by atoms with van der Waals surface area (Å²) in [6.07, 6.45) is 20.9. The lowest BCUT2D eigenvalue weighted by atomic mass is 10.0. The monoisotopic (exact) mass is 823 g/mol. The van der Waals surface area contributed by atoms with Crippen LogP contribution in [0.25, 0.3) is 10.4 Å². The summed E-state index contributed by atoms with van der Waals surface area (Å²) in [7, 11) is -5.09. The molecule has 0 spiro atoms. The summed E-state index contributed by atoms with van der Waals surface area (Å²) >= 11 is 0. The fourth-order valence-electron chi connectivity index (χ4n) is 5.96. The third-order valence-electron chi connectivity index (χ3n) is 9.09. The fourth-order valence-corrected chi connectivity index (χ4v) is 6.31. The molecule has 1 amide bonds.